The van der Waals surface area contributed by atoms with Crippen LogP contribution in [-0.4, -0.2) is 16.9 Å². The minimum atomic E-state index is -0.249. The van der Waals surface area contributed by atoms with Crippen LogP contribution in [-0.2, 0) is 5.75 Å². The van der Waals surface area contributed by atoms with Gasteiger partial charge in [0.15, 0.2) is 0 Å². The van der Waals surface area contributed by atoms with Crippen LogP contribution in [0, 0.1) is 6.92 Å². The summed E-state index contributed by atoms with van der Waals surface area (Å²) >= 11 is 1.55. The minimum absolute atomic E-state index is 0.249. The van der Waals surface area contributed by atoms with Gasteiger partial charge < -0.3 is 4.74 Å². The topological polar surface area (TPSA) is 44.1 Å². The summed E-state index contributed by atoms with van der Waals surface area (Å²) in [6.07, 6.45) is 1.69. The van der Waals surface area contributed by atoms with Crippen LogP contribution in [0.25, 0.3) is 5.69 Å². The lowest BCUT2D eigenvalue weighted by Crippen LogP contribution is -2.23. The fourth-order valence-electron chi connectivity index (χ4n) is 2.39. The Morgan fingerprint density at radius 3 is 2.62 bits per heavy atom. The molecule has 3 aromatic rings. The predicted octanol–water partition coefficient (Wildman–Crippen LogP) is 3.84. The van der Waals surface area contributed by atoms with Gasteiger partial charge in [-0.25, -0.2) is 0 Å². The van der Waals surface area contributed by atoms with E-state index < -0.39 is 0 Å². The van der Waals surface area contributed by atoms with Crippen molar-refractivity contribution in [2.24, 2.45) is 0 Å². The first-order valence-electron chi connectivity index (χ1n) is 7.59. The third kappa shape index (κ3) is 3.51. The maximum Gasteiger partial charge on any atom is 0.314 e. The highest BCUT2D eigenvalue weighted by Gasteiger charge is 2.14. The van der Waals surface area contributed by atoms with Crippen LogP contribution in [0.15, 0.2) is 70.5 Å². The van der Waals surface area contributed by atoms with Crippen molar-refractivity contribution in [2.75, 3.05) is 7.11 Å². The first-order chi connectivity index (χ1) is 11.7. The molecule has 0 N–H and O–H groups in total. The van der Waals surface area contributed by atoms with Crippen LogP contribution in [0.3, 0.4) is 0 Å². The Bertz CT molecular complexity index is 891. The van der Waals surface area contributed by atoms with E-state index in [0.717, 1.165) is 21.9 Å². The largest absolute Gasteiger partial charge is 0.490 e. The molecule has 1 aromatic heterocycles. The number of methoxy groups -OCH3 is 1. The van der Waals surface area contributed by atoms with Crippen molar-refractivity contribution in [1.82, 2.24) is 9.78 Å². The van der Waals surface area contributed by atoms with Crippen molar-refractivity contribution in [2.45, 2.75) is 17.6 Å². The molecule has 0 amide bonds. The molecule has 0 saturated carbocycles. The first-order valence-corrected chi connectivity index (χ1v) is 8.57. The third-order valence-electron chi connectivity index (χ3n) is 3.59. The average Bonchev–Trinajstić information content (AvgIpc) is 2.61. The number of aromatic nitrogens is 2. The lowest BCUT2D eigenvalue weighted by atomic mass is 10.2. The molecular weight excluding hydrogens is 320 g/mol. The van der Waals surface area contributed by atoms with Crippen LogP contribution in [0.5, 0.6) is 5.75 Å². The standard InChI is InChI=1S/C19H18N2O2S/c1-14-7-6-10-16(11-14)21-19(22)18(23-2)17(12-20-21)24-13-15-8-4-3-5-9-15/h3-12H,13H2,1-2H3. The van der Waals surface area contributed by atoms with Crippen molar-refractivity contribution < 1.29 is 4.74 Å². The Morgan fingerprint density at radius 1 is 1.12 bits per heavy atom. The van der Waals surface area contributed by atoms with E-state index in [-0.39, 0.29) is 5.56 Å². The highest BCUT2D eigenvalue weighted by molar-refractivity contribution is 7.98. The number of rotatable bonds is 5. The molecule has 4 nitrogen and oxygen atoms in total. The van der Waals surface area contributed by atoms with Crippen LogP contribution in [0.4, 0.5) is 0 Å². The van der Waals surface area contributed by atoms with Gasteiger partial charge in [-0.2, -0.15) is 9.78 Å². The van der Waals surface area contributed by atoms with Gasteiger partial charge >= 0.3 is 5.56 Å². The highest BCUT2D eigenvalue weighted by atomic mass is 32.2. The zero-order chi connectivity index (χ0) is 16.9. The van der Waals surface area contributed by atoms with Crippen molar-refractivity contribution in [3.05, 3.63) is 82.3 Å². The number of aryl methyl sites for hydroxylation is 1. The van der Waals surface area contributed by atoms with Gasteiger partial charge in [-0.05, 0) is 30.2 Å². The molecule has 0 bridgehead atoms. The van der Waals surface area contributed by atoms with Crippen molar-refractivity contribution in [3.8, 4) is 11.4 Å². The van der Waals surface area contributed by atoms with E-state index in [2.05, 4.69) is 17.2 Å². The molecule has 0 spiro atoms. The normalized spacial score (nSPS) is 10.6. The van der Waals surface area contributed by atoms with Gasteiger partial charge in [-0.3, -0.25) is 4.79 Å². The zero-order valence-electron chi connectivity index (χ0n) is 13.6. The number of ether oxygens (including phenoxy) is 1. The first kappa shape index (κ1) is 16.3. The molecule has 3 rings (SSSR count). The summed E-state index contributed by atoms with van der Waals surface area (Å²) < 4.78 is 6.74. The molecule has 0 atom stereocenters. The monoisotopic (exact) mass is 338 g/mol. The van der Waals surface area contributed by atoms with E-state index in [1.807, 2.05) is 49.4 Å². The second-order valence-corrected chi connectivity index (χ2v) is 6.39. The van der Waals surface area contributed by atoms with Gasteiger partial charge in [0, 0.05) is 5.75 Å². The summed E-state index contributed by atoms with van der Waals surface area (Å²) in [5.41, 5.74) is 2.74. The van der Waals surface area contributed by atoms with Gasteiger partial charge in [0.1, 0.15) is 0 Å². The van der Waals surface area contributed by atoms with Crippen molar-refractivity contribution in [1.29, 1.82) is 0 Å². The lowest BCUT2D eigenvalue weighted by Gasteiger charge is -2.11. The summed E-state index contributed by atoms with van der Waals surface area (Å²) in [6, 6.07) is 17.8. The van der Waals surface area contributed by atoms with E-state index in [9.17, 15) is 4.79 Å². The maximum atomic E-state index is 12.7. The fraction of sp³-hybridized carbons (Fsp3) is 0.158. The van der Waals surface area contributed by atoms with Crippen molar-refractivity contribution in [3.63, 3.8) is 0 Å². The molecule has 0 saturated heterocycles. The minimum Gasteiger partial charge on any atom is -0.490 e. The molecule has 0 aliphatic carbocycles. The Balaban J connectivity index is 1.92. The molecule has 0 fully saturated rings. The van der Waals surface area contributed by atoms with Gasteiger partial charge in [0.25, 0.3) is 0 Å². The van der Waals surface area contributed by atoms with E-state index in [1.54, 1.807) is 18.0 Å². The summed E-state index contributed by atoms with van der Waals surface area (Å²) in [7, 11) is 1.52. The number of thioether (sulfide) groups is 1. The molecule has 24 heavy (non-hydrogen) atoms. The predicted molar refractivity (Wildman–Crippen MR) is 97.1 cm³/mol. The van der Waals surface area contributed by atoms with Gasteiger partial charge in [0.05, 0.1) is 23.9 Å². The Kier molecular flexibility index (Phi) is 5.01. The van der Waals surface area contributed by atoms with Gasteiger partial charge in [-0.1, -0.05) is 42.5 Å². The molecular formula is C19H18N2O2S. The number of benzene rings is 2. The van der Waals surface area contributed by atoms with E-state index >= 15 is 0 Å². The van der Waals surface area contributed by atoms with Gasteiger partial charge in [-0.15, -0.1) is 11.8 Å². The number of hydrogen-bond acceptors (Lipinski definition) is 4. The molecule has 0 unspecified atom stereocenters. The molecule has 1 heterocycles. The Labute approximate surface area is 145 Å². The van der Waals surface area contributed by atoms with Crippen LogP contribution < -0.4 is 10.3 Å². The van der Waals surface area contributed by atoms with E-state index in [1.165, 1.54) is 17.4 Å². The fourth-order valence-corrected chi connectivity index (χ4v) is 3.33. The number of nitrogens with zero attached hydrogens (tertiary/aromatic N) is 2. The van der Waals surface area contributed by atoms with Crippen LogP contribution in [0.1, 0.15) is 11.1 Å². The average molecular weight is 338 g/mol. The van der Waals surface area contributed by atoms with Crippen molar-refractivity contribution >= 4 is 11.8 Å². The molecule has 5 heteroatoms. The van der Waals surface area contributed by atoms with E-state index in [0.29, 0.717) is 5.75 Å². The molecule has 0 aliphatic rings. The van der Waals surface area contributed by atoms with Gasteiger partial charge in [0.2, 0.25) is 5.75 Å². The van der Waals surface area contributed by atoms with Crippen LogP contribution >= 0.6 is 11.8 Å². The number of hydrogen-bond donors (Lipinski definition) is 0. The smallest absolute Gasteiger partial charge is 0.314 e. The Hall–Kier alpha value is -2.53. The molecule has 0 radical (unpaired) electrons. The lowest BCUT2D eigenvalue weighted by molar-refractivity contribution is 0.392. The summed E-state index contributed by atoms with van der Waals surface area (Å²) in [5.74, 6) is 1.08. The Morgan fingerprint density at radius 2 is 1.92 bits per heavy atom. The van der Waals surface area contributed by atoms with Crippen LogP contribution in [0.2, 0.25) is 0 Å². The summed E-state index contributed by atoms with van der Waals surface area (Å²) in [5, 5.41) is 4.31. The highest BCUT2D eigenvalue weighted by Crippen LogP contribution is 2.28. The maximum absolute atomic E-state index is 12.7. The quantitative estimate of drug-likeness (QED) is 0.663. The summed E-state index contributed by atoms with van der Waals surface area (Å²) in [6.45, 7) is 1.98. The van der Waals surface area contributed by atoms with E-state index in [4.69, 9.17) is 4.74 Å². The molecule has 2 aromatic carbocycles. The third-order valence-corrected chi connectivity index (χ3v) is 4.67. The SMILES string of the molecule is COc1c(SCc2ccccc2)cnn(-c2cccc(C)c2)c1=O. The molecule has 0 aliphatic heterocycles. The second kappa shape index (κ2) is 7.36. The summed E-state index contributed by atoms with van der Waals surface area (Å²) in [4.78, 5) is 13.5. The zero-order valence-corrected chi connectivity index (χ0v) is 14.4. The second-order valence-electron chi connectivity index (χ2n) is 5.37. The molecule has 122 valence electrons.